The Hall–Kier alpha value is -3.06. The molecular formula is C23H22N2O2. The van der Waals surface area contributed by atoms with Crippen molar-refractivity contribution >= 4 is 11.7 Å². The van der Waals surface area contributed by atoms with Crippen LogP contribution in [0.5, 0.6) is 0 Å². The minimum atomic E-state index is -0.238. The van der Waals surface area contributed by atoms with Crippen LogP contribution in [0.4, 0.5) is 4.79 Å². The van der Waals surface area contributed by atoms with Crippen LogP contribution < -0.4 is 0 Å². The Kier molecular flexibility index (Phi) is 4.93. The summed E-state index contributed by atoms with van der Waals surface area (Å²) in [5, 5.41) is 9.41. The molecule has 4 nitrogen and oxygen atoms in total. The van der Waals surface area contributed by atoms with Crippen LogP contribution in [-0.2, 0) is 11.3 Å². The number of carbonyl (C=O) groups is 1. The average molecular weight is 358 g/mol. The Labute approximate surface area is 159 Å². The summed E-state index contributed by atoms with van der Waals surface area (Å²) in [6.45, 7) is 0.295. The lowest BCUT2D eigenvalue weighted by Gasteiger charge is -2.44. The number of piperidine rings is 1. The molecule has 0 aromatic heterocycles. The standard InChI is InChI=1S/C23H22N2O2/c24-15-18-9-4-5-12-22(18)19-13-20-10-6-11-21(14-19)25(20)23(26)27-16-17-7-2-1-3-8-17/h1-5,7-9,12-13,20-21H,6,10-11,14,16H2. The zero-order chi connectivity index (χ0) is 18.6. The Balaban J connectivity index is 1.53. The largest absolute Gasteiger partial charge is 0.445 e. The molecule has 0 spiro atoms. The Bertz CT molecular complexity index is 898. The third-order valence-corrected chi connectivity index (χ3v) is 5.45. The molecule has 1 saturated heterocycles. The molecule has 0 saturated carbocycles. The fraction of sp³-hybridized carbons (Fsp3) is 0.304. The van der Waals surface area contributed by atoms with Crippen LogP contribution in [0, 0.1) is 11.3 Å². The molecule has 2 aliphatic rings. The van der Waals surface area contributed by atoms with Crippen LogP contribution >= 0.6 is 0 Å². The summed E-state index contributed by atoms with van der Waals surface area (Å²) in [5.74, 6) is 0. The van der Waals surface area contributed by atoms with E-state index in [2.05, 4.69) is 12.1 Å². The van der Waals surface area contributed by atoms with Gasteiger partial charge in [0, 0.05) is 6.04 Å². The van der Waals surface area contributed by atoms with Gasteiger partial charge >= 0.3 is 6.09 Å². The van der Waals surface area contributed by atoms with Crippen molar-refractivity contribution in [1.29, 1.82) is 5.26 Å². The van der Waals surface area contributed by atoms with Gasteiger partial charge in [0.25, 0.3) is 0 Å². The van der Waals surface area contributed by atoms with Crippen LogP contribution in [0.15, 0.2) is 60.7 Å². The van der Waals surface area contributed by atoms with Crippen LogP contribution in [0.2, 0.25) is 0 Å². The fourth-order valence-corrected chi connectivity index (χ4v) is 4.17. The highest BCUT2D eigenvalue weighted by atomic mass is 16.6. The zero-order valence-corrected chi connectivity index (χ0v) is 15.2. The summed E-state index contributed by atoms with van der Waals surface area (Å²) < 4.78 is 5.60. The van der Waals surface area contributed by atoms with Crippen molar-refractivity contribution in [3.8, 4) is 6.07 Å². The van der Waals surface area contributed by atoms with Gasteiger partial charge in [-0.15, -0.1) is 0 Å². The number of carbonyl (C=O) groups excluding carboxylic acids is 1. The highest BCUT2D eigenvalue weighted by Gasteiger charge is 2.38. The van der Waals surface area contributed by atoms with E-state index in [-0.39, 0.29) is 18.2 Å². The maximum atomic E-state index is 12.8. The smallest absolute Gasteiger partial charge is 0.410 e. The van der Waals surface area contributed by atoms with Gasteiger partial charge in [0.15, 0.2) is 0 Å². The highest BCUT2D eigenvalue weighted by Crippen LogP contribution is 2.38. The summed E-state index contributed by atoms with van der Waals surface area (Å²) in [7, 11) is 0. The van der Waals surface area contributed by atoms with Gasteiger partial charge in [-0.25, -0.2) is 4.79 Å². The van der Waals surface area contributed by atoms with Crippen molar-refractivity contribution in [2.45, 2.75) is 44.4 Å². The summed E-state index contributed by atoms with van der Waals surface area (Å²) in [5.41, 5.74) is 3.86. The van der Waals surface area contributed by atoms with Gasteiger partial charge in [0.05, 0.1) is 17.7 Å². The first kappa shape index (κ1) is 17.4. The second kappa shape index (κ2) is 7.67. The quantitative estimate of drug-likeness (QED) is 0.784. The molecule has 2 bridgehead atoms. The molecule has 1 amide bonds. The van der Waals surface area contributed by atoms with Crippen molar-refractivity contribution in [2.75, 3.05) is 0 Å². The third kappa shape index (κ3) is 3.59. The highest BCUT2D eigenvalue weighted by molar-refractivity contribution is 5.76. The first-order chi connectivity index (χ1) is 13.3. The molecule has 2 aromatic carbocycles. The molecule has 0 aliphatic carbocycles. The second-order valence-corrected chi connectivity index (χ2v) is 7.15. The summed E-state index contributed by atoms with van der Waals surface area (Å²) >= 11 is 0. The number of hydrogen-bond donors (Lipinski definition) is 0. The summed E-state index contributed by atoms with van der Waals surface area (Å²) in [6, 6.07) is 19.9. The summed E-state index contributed by atoms with van der Waals surface area (Å²) in [6.07, 6.45) is 5.72. The van der Waals surface area contributed by atoms with E-state index in [1.54, 1.807) is 0 Å². The van der Waals surface area contributed by atoms with Crippen LogP contribution in [0.3, 0.4) is 0 Å². The molecule has 27 heavy (non-hydrogen) atoms. The maximum Gasteiger partial charge on any atom is 0.410 e. The van der Waals surface area contributed by atoms with Gasteiger partial charge in [0.2, 0.25) is 0 Å². The molecule has 1 fully saturated rings. The molecule has 4 heteroatoms. The Morgan fingerprint density at radius 1 is 1.11 bits per heavy atom. The lowest BCUT2D eigenvalue weighted by Crippen LogP contribution is -2.51. The van der Waals surface area contributed by atoms with E-state index in [9.17, 15) is 10.1 Å². The van der Waals surface area contributed by atoms with Crippen LogP contribution in [-0.4, -0.2) is 23.1 Å². The molecule has 2 unspecified atom stereocenters. The zero-order valence-electron chi connectivity index (χ0n) is 15.2. The first-order valence-corrected chi connectivity index (χ1v) is 9.45. The van der Waals surface area contributed by atoms with Crippen molar-refractivity contribution in [1.82, 2.24) is 4.90 Å². The number of ether oxygens (including phenoxy) is 1. The minimum absolute atomic E-state index is 0.0440. The van der Waals surface area contributed by atoms with E-state index in [4.69, 9.17) is 4.74 Å². The number of hydrogen-bond acceptors (Lipinski definition) is 3. The van der Waals surface area contributed by atoms with E-state index in [0.717, 1.165) is 36.8 Å². The molecule has 2 aromatic rings. The molecule has 4 rings (SSSR count). The third-order valence-electron chi connectivity index (χ3n) is 5.45. The van der Waals surface area contributed by atoms with Gasteiger partial charge in [-0.3, -0.25) is 4.90 Å². The molecule has 2 heterocycles. The number of nitriles is 1. The number of nitrogens with zero attached hydrogens (tertiary/aromatic N) is 2. The van der Waals surface area contributed by atoms with Gasteiger partial charge in [-0.2, -0.15) is 5.26 Å². The van der Waals surface area contributed by atoms with Crippen molar-refractivity contribution in [3.63, 3.8) is 0 Å². The van der Waals surface area contributed by atoms with E-state index in [1.165, 1.54) is 5.57 Å². The van der Waals surface area contributed by atoms with Gasteiger partial charge < -0.3 is 4.74 Å². The minimum Gasteiger partial charge on any atom is -0.445 e. The monoisotopic (exact) mass is 358 g/mol. The van der Waals surface area contributed by atoms with E-state index >= 15 is 0 Å². The molecule has 0 radical (unpaired) electrons. The van der Waals surface area contributed by atoms with Gasteiger partial charge in [-0.1, -0.05) is 54.6 Å². The molecular weight excluding hydrogens is 336 g/mol. The van der Waals surface area contributed by atoms with Gasteiger partial charge in [0.1, 0.15) is 6.61 Å². The lowest BCUT2D eigenvalue weighted by atomic mass is 9.82. The molecule has 0 N–H and O–H groups in total. The molecule has 2 aliphatic heterocycles. The fourth-order valence-electron chi connectivity index (χ4n) is 4.17. The van der Waals surface area contributed by atoms with Crippen molar-refractivity contribution in [2.24, 2.45) is 0 Å². The number of amides is 1. The van der Waals surface area contributed by atoms with Crippen molar-refractivity contribution < 1.29 is 9.53 Å². The molecule has 136 valence electrons. The Morgan fingerprint density at radius 3 is 2.67 bits per heavy atom. The van der Waals surface area contributed by atoms with Crippen LogP contribution in [0.25, 0.3) is 5.57 Å². The van der Waals surface area contributed by atoms with E-state index < -0.39 is 0 Å². The van der Waals surface area contributed by atoms with Gasteiger partial charge in [-0.05, 0) is 48.4 Å². The number of benzene rings is 2. The maximum absolute atomic E-state index is 12.8. The van der Waals surface area contributed by atoms with E-state index in [0.29, 0.717) is 12.2 Å². The normalized spacial score (nSPS) is 21.1. The topological polar surface area (TPSA) is 53.3 Å². The van der Waals surface area contributed by atoms with Crippen molar-refractivity contribution in [3.05, 3.63) is 77.4 Å². The number of rotatable bonds is 3. The lowest BCUT2D eigenvalue weighted by molar-refractivity contribution is 0.0510. The number of fused-ring (bicyclic) bond motifs is 2. The predicted molar refractivity (Wildman–Crippen MR) is 104 cm³/mol. The van der Waals surface area contributed by atoms with Crippen LogP contribution in [0.1, 0.15) is 42.4 Å². The second-order valence-electron chi connectivity index (χ2n) is 7.15. The SMILES string of the molecule is N#Cc1ccccc1C1=CC2CCCC(C1)N2C(=O)OCc1ccccc1. The average Bonchev–Trinajstić information content (AvgIpc) is 2.71. The Morgan fingerprint density at radius 2 is 1.89 bits per heavy atom. The van der Waals surface area contributed by atoms with E-state index in [1.807, 2.05) is 59.5 Å². The first-order valence-electron chi connectivity index (χ1n) is 9.45. The summed E-state index contributed by atoms with van der Waals surface area (Å²) in [4.78, 5) is 14.7. The molecule has 2 atom stereocenters. The predicted octanol–water partition coefficient (Wildman–Crippen LogP) is 4.91.